The number of unbranched alkanes of at least 4 members (excludes halogenated alkanes) is 1. The second kappa shape index (κ2) is 32.2. The molecule has 8 N–H and O–H groups in total. The molecule has 0 bridgehead atoms. The Morgan fingerprint density at radius 1 is 0.729 bits per heavy atom. The number of benzene rings is 4. The number of amides is 3. The predicted molar refractivity (Wildman–Crippen MR) is 303 cm³/mol. The first-order valence-corrected chi connectivity index (χ1v) is 28.3. The van der Waals surface area contributed by atoms with Crippen LogP contribution in [0.25, 0.3) is 11.3 Å². The molecule has 0 saturated carbocycles. The van der Waals surface area contributed by atoms with Crippen molar-refractivity contribution < 1.29 is 92.1 Å². The minimum Gasteiger partial charge on any atom is -0.508 e. The zero-order valence-electron chi connectivity index (χ0n) is 47.1. The minimum absolute atomic E-state index is 0.0237. The van der Waals surface area contributed by atoms with Gasteiger partial charge in [0.15, 0.2) is 11.9 Å². The van der Waals surface area contributed by atoms with Crippen molar-refractivity contribution in [2.45, 2.75) is 74.8 Å². The van der Waals surface area contributed by atoms with Gasteiger partial charge in [0.25, 0.3) is 0 Å². The van der Waals surface area contributed by atoms with Gasteiger partial charge in [0.2, 0.25) is 17.7 Å². The van der Waals surface area contributed by atoms with Gasteiger partial charge in [-0.15, -0.1) is 5.10 Å². The summed E-state index contributed by atoms with van der Waals surface area (Å²) in [7, 11) is 0. The lowest BCUT2D eigenvalue weighted by molar-refractivity contribution is -0.269. The molecule has 3 aliphatic rings. The summed E-state index contributed by atoms with van der Waals surface area (Å²) in [5.41, 5.74) is 2.50. The van der Waals surface area contributed by atoms with Gasteiger partial charge in [-0.05, 0) is 73.7 Å². The van der Waals surface area contributed by atoms with Crippen molar-refractivity contribution in [2.24, 2.45) is 0 Å². The number of aromatic nitrogens is 3. The van der Waals surface area contributed by atoms with Gasteiger partial charge in [0.05, 0.1) is 110 Å². The molecule has 3 aliphatic heterocycles. The quantitative estimate of drug-likeness (QED) is 0.0161. The van der Waals surface area contributed by atoms with E-state index in [9.17, 15) is 44.7 Å². The number of hydrogen-bond donors (Lipinski definition) is 8. The molecule has 4 aromatic carbocycles. The highest BCUT2D eigenvalue weighted by molar-refractivity contribution is 6.00. The predicted octanol–water partition coefficient (Wildman–Crippen LogP) is 3.57. The number of aromatic hydroxyl groups is 2. The number of ether oxygens (including phenoxy) is 10. The molecule has 0 radical (unpaired) electrons. The summed E-state index contributed by atoms with van der Waals surface area (Å²) < 4.78 is 58.0. The van der Waals surface area contributed by atoms with Crippen molar-refractivity contribution in [1.82, 2.24) is 25.6 Å². The van der Waals surface area contributed by atoms with Crippen LogP contribution in [0, 0.1) is 0 Å². The lowest BCUT2D eigenvalue weighted by atomic mass is 9.77. The number of hydrogen-bond acceptors (Lipinski definition) is 21. The van der Waals surface area contributed by atoms with E-state index in [-0.39, 0.29) is 66.4 Å². The maximum Gasteiger partial charge on any atom is 0.340 e. The van der Waals surface area contributed by atoms with Crippen molar-refractivity contribution in [3.05, 3.63) is 126 Å². The molecule has 3 amide bonds. The van der Waals surface area contributed by atoms with Crippen LogP contribution in [0.2, 0.25) is 0 Å². The first kappa shape index (κ1) is 63.6. The number of rotatable bonds is 36. The van der Waals surface area contributed by atoms with Crippen molar-refractivity contribution in [2.75, 3.05) is 111 Å². The van der Waals surface area contributed by atoms with Crippen molar-refractivity contribution in [3.63, 3.8) is 0 Å². The number of anilines is 1. The fourth-order valence-corrected chi connectivity index (χ4v) is 9.73. The second-order valence-corrected chi connectivity index (χ2v) is 20.1. The normalized spacial score (nSPS) is 17.7. The topological polar surface area (TPSA) is 329 Å². The van der Waals surface area contributed by atoms with Crippen LogP contribution in [0.3, 0.4) is 0 Å². The van der Waals surface area contributed by atoms with E-state index in [2.05, 4.69) is 32.8 Å². The molecule has 0 unspecified atom stereocenters. The number of nitrogens with one attached hydrogen (secondary N) is 3. The fraction of sp³-hybridized carbons (Fsp3) is 0.467. The van der Waals surface area contributed by atoms with Crippen LogP contribution in [-0.4, -0.2) is 194 Å². The highest BCUT2D eigenvalue weighted by atomic mass is 16.7. The van der Waals surface area contributed by atoms with Crippen LogP contribution in [0.15, 0.2) is 97.7 Å². The van der Waals surface area contributed by atoms with Crippen LogP contribution in [0.1, 0.15) is 70.8 Å². The number of carbonyl (C=O) groups is 4. The molecule has 458 valence electrons. The molecule has 1 aromatic heterocycles. The number of fused-ring (bicyclic) bond motifs is 6. The molecule has 0 aliphatic carbocycles. The number of phenols is 2. The van der Waals surface area contributed by atoms with Gasteiger partial charge in [-0.3, -0.25) is 14.4 Å². The summed E-state index contributed by atoms with van der Waals surface area (Å²) >= 11 is 0. The van der Waals surface area contributed by atoms with Crippen LogP contribution < -0.4 is 20.7 Å². The summed E-state index contributed by atoms with van der Waals surface area (Å²) in [4.78, 5) is 52.1. The Morgan fingerprint density at radius 3 is 1.96 bits per heavy atom. The van der Waals surface area contributed by atoms with Crippen LogP contribution in [0.5, 0.6) is 23.0 Å². The molecule has 5 atom stereocenters. The average Bonchev–Trinajstić information content (AvgIpc) is 1.71. The lowest BCUT2D eigenvalue weighted by Gasteiger charge is -2.36. The van der Waals surface area contributed by atoms with E-state index in [0.717, 1.165) is 11.1 Å². The SMILES string of the molecule is C=CC(=O)NCCOCCOCCOCCOCCOCCOCCC(=O)NCCCC[C@@H](C(=O)Nc1ccc2c(c1)C(=O)OC21c2ccc(O)cc2Oc2cc(O)ccc21)n1cc(-c2ccc(CCO[C@@H]3O[C@H](CO)[C@@H](O)C[C@H]3O)cc2)nn1. The summed E-state index contributed by atoms with van der Waals surface area (Å²) in [5, 5.41) is 67.8. The maximum atomic E-state index is 14.4. The van der Waals surface area contributed by atoms with E-state index in [1.54, 1.807) is 36.5 Å². The van der Waals surface area contributed by atoms with E-state index in [4.69, 9.17) is 47.4 Å². The number of aliphatic hydroxyl groups is 3. The Balaban J connectivity index is 0.790. The van der Waals surface area contributed by atoms with E-state index in [1.807, 2.05) is 24.3 Å². The van der Waals surface area contributed by atoms with Gasteiger partial charge in [-0.2, -0.15) is 0 Å². The number of nitrogens with zero attached hydrogens (tertiary/aromatic N) is 3. The van der Waals surface area contributed by atoms with Gasteiger partial charge in [-0.1, -0.05) is 42.1 Å². The standard InChI is InChI=1S/C60H74N6O19/c1-2-55(72)62-19-22-77-24-26-79-28-30-81-32-31-80-29-27-78-25-23-76-20-17-56(73)61-18-4-3-5-49(66-37-48(64-65-66)40-8-6-39(7-9-40)16-21-82-59-51(71)36-50(70)54(38-67)84-59)57(74)63-41-10-13-45-44(33-41)58(75)85-60(45)46-14-11-42(68)34-52(46)83-53-35-43(69)12-15-47(53)60/h2,6-15,33-35,37,49-51,54,59,67-71H,1,3-5,16-32,36,38H2,(H,61,73)(H,62,72)(H,63,74)/t49-,50-,51+,54+,59+/m0/s1. The zero-order valence-corrected chi connectivity index (χ0v) is 47.1. The van der Waals surface area contributed by atoms with E-state index in [1.165, 1.54) is 35.0 Å². The smallest absolute Gasteiger partial charge is 0.340 e. The number of aliphatic hydroxyl groups excluding tert-OH is 3. The first-order valence-electron chi connectivity index (χ1n) is 28.3. The third-order valence-corrected chi connectivity index (χ3v) is 14.1. The van der Waals surface area contributed by atoms with E-state index >= 15 is 0 Å². The van der Waals surface area contributed by atoms with Gasteiger partial charge >= 0.3 is 5.97 Å². The van der Waals surface area contributed by atoms with Crippen LogP contribution >= 0.6 is 0 Å². The minimum atomic E-state index is -1.49. The van der Waals surface area contributed by atoms with E-state index < -0.39 is 54.7 Å². The molecule has 1 spiro atoms. The lowest BCUT2D eigenvalue weighted by Crippen LogP contribution is -2.49. The Hall–Kier alpha value is -7.40. The third kappa shape index (κ3) is 17.6. The number of esters is 1. The zero-order chi connectivity index (χ0) is 60.0. The van der Waals surface area contributed by atoms with Gasteiger partial charge in [0.1, 0.15) is 46.9 Å². The molecule has 1 fully saturated rings. The Kier molecular flexibility index (Phi) is 24.1. The Labute approximate surface area is 491 Å². The van der Waals surface area contributed by atoms with Crippen LogP contribution in [-0.2, 0) is 69.0 Å². The van der Waals surface area contributed by atoms with E-state index in [0.29, 0.717) is 140 Å². The average molecular weight is 1180 g/mol. The van der Waals surface area contributed by atoms with Crippen molar-refractivity contribution in [3.8, 4) is 34.3 Å². The molecule has 85 heavy (non-hydrogen) atoms. The molecular weight excluding hydrogens is 1110 g/mol. The maximum absolute atomic E-state index is 14.4. The largest absolute Gasteiger partial charge is 0.508 e. The summed E-state index contributed by atoms with van der Waals surface area (Å²) in [6.45, 7) is 8.42. The third-order valence-electron chi connectivity index (χ3n) is 14.1. The molecule has 25 heteroatoms. The van der Waals surface area contributed by atoms with Crippen LogP contribution in [0.4, 0.5) is 5.69 Å². The summed E-state index contributed by atoms with van der Waals surface area (Å²) in [6, 6.07) is 20.5. The van der Waals surface area contributed by atoms with Crippen molar-refractivity contribution in [1.29, 1.82) is 0 Å². The molecule has 25 nitrogen and oxygen atoms in total. The molecule has 8 rings (SSSR count). The van der Waals surface area contributed by atoms with Gasteiger partial charge in [-0.25, -0.2) is 9.48 Å². The van der Waals surface area contributed by atoms with Gasteiger partial charge in [0, 0.05) is 66.0 Å². The molecule has 4 heterocycles. The molecule has 5 aromatic rings. The monoisotopic (exact) mass is 1180 g/mol. The highest BCUT2D eigenvalue weighted by Crippen LogP contribution is 2.57. The highest BCUT2D eigenvalue weighted by Gasteiger charge is 2.54. The second-order valence-electron chi connectivity index (χ2n) is 20.1. The summed E-state index contributed by atoms with van der Waals surface area (Å²) in [6.07, 6.45) is 0.979. The Bertz CT molecular complexity index is 2950. The first-order chi connectivity index (χ1) is 41.4. The summed E-state index contributed by atoms with van der Waals surface area (Å²) in [5.74, 6) is -1.23. The fourth-order valence-electron chi connectivity index (χ4n) is 9.73. The molecular formula is C60H74N6O19. The number of carbonyl (C=O) groups excluding carboxylic acids is 4. The van der Waals surface area contributed by atoms with Crippen molar-refractivity contribution >= 4 is 29.4 Å². The Morgan fingerprint density at radius 2 is 1.34 bits per heavy atom. The molecule has 1 saturated heterocycles. The number of phenolic OH excluding ortho intramolecular Hbond substituents is 2. The van der Waals surface area contributed by atoms with Gasteiger partial charge < -0.3 is 88.9 Å².